The van der Waals surface area contributed by atoms with Gasteiger partial charge in [0, 0.05) is 29.3 Å². The number of pyridine rings is 1. The predicted octanol–water partition coefficient (Wildman–Crippen LogP) is 4.34. The van der Waals surface area contributed by atoms with Crippen LogP contribution >= 0.6 is 11.6 Å². The zero-order chi connectivity index (χ0) is 26.0. The predicted molar refractivity (Wildman–Crippen MR) is 129 cm³/mol. The first-order valence-electron chi connectivity index (χ1n) is 11.8. The normalized spacial score (nSPS) is 21.4. The molecule has 11 heteroatoms. The first kappa shape index (κ1) is 26.1. The molecule has 2 N–H and O–H groups in total. The van der Waals surface area contributed by atoms with Gasteiger partial charge in [-0.1, -0.05) is 11.6 Å². The van der Waals surface area contributed by atoms with Crippen LogP contribution in [0.1, 0.15) is 49.9 Å². The van der Waals surface area contributed by atoms with Gasteiger partial charge in [-0.25, -0.2) is 18.2 Å². The summed E-state index contributed by atoms with van der Waals surface area (Å²) in [5.74, 6) is -0.916. The molecule has 2 saturated heterocycles. The number of piperidine rings is 1. The standard InChI is InChI=1S/C25H28ClF3N4O3/c1-25(2,36-20-7-4-15(26)9-19(20)27)24(35)32-16-10-17-5-6-18(11-16)33(17)22-8-3-14(12-30-22)23(34)31-13-21(28)29/h3-4,7-9,12,16-18,21H,5-6,10-11,13H2,1-2H3,(H,31,34)(H,32,35). The van der Waals surface area contributed by atoms with Gasteiger partial charge in [0.2, 0.25) is 0 Å². The minimum absolute atomic E-state index is 0.0492. The largest absolute Gasteiger partial charge is 0.475 e. The highest BCUT2D eigenvalue weighted by Crippen LogP contribution is 2.39. The lowest BCUT2D eigenvalue weighted by Crippen LogP contribution is -2.55. The van der Waals surface area contributed by atoms with Crippen LogP contribution in [0.15, 0.2) is 36.5 Å². The van der Waals surface area contributed by atoms with E-state index in [1.54, 1.807) is 26.0 Å². The molecule has 2 aliphatic heterocycles. The molecule has 1 aromatic carbocycles. The average molecular weight is 525 g/mol. The van der Waals surface area contributed by atoms with E-state index in [0.29, 0.717) is 18.7 Å². The Bertz CT molecular complexity index is 1100. The van der Waals surface area contributed by atoms with Crippen molar-refractivity contribution in [2.24, 2.45) is 0 Å². The van der Waals surface area contributed by atoms with Gasteiger partial charge in [0.25, 0.3) is 18.2 Å². The molecular formula is C25H28ClF3N4O3. The van der Waals surface area contributed by atoms with Gasteiger partial charge in [0.1, 0.15) is 5.82 Å². The third-order valence-corrected chi connectivity index (χ3v) is 6.80. The van der Waals surface area contributed by atoms with Crippen molar-refractivity contribution in [2.75, 3.05) is 11.4 Å². The third-order valence-electron chi connectivity index (χ3n) is 6.57. The quantitative estimate of drug-likeness (QED) is 0.537. The highest BCUT2D eigenvalue weighted by Gasteiger charge is 2.43. The number of hydrogen-bond acceptors (Lipinski definition) is 5. The van der Waals surface area contributed by atoms with Crippen molar-refractivity contribution in [2.45, 2.75) is 69.7 Å². The van der Waals surface area contributed by atoms with E-state index in [1.165, 1.54) is 18.3 Å². The highest BCUT2D eigenvalue weighted by molar-refractivity contribution is 6.30. The number of halogens is 4. The lowest BCUT2D eigenvalue weighted by atomic mass is 9.96. The number of ether oxygens (including phenoxy) is 1. The molecule has 36 heavy (non-hydrogen) atoms. The number of rotatable bonds is 8. The second-order valence-corrected chi connectivity index (χ2v) is 10.1. The molecule has 2 fully saturated rings. The summed E-state index contributed by atoms with van der Waals surface area (Å²) in [6, 6.07) is 7.54. The van der Waals surface area contributed by atoms with Crippen LogP contribution in [0, 0.1) is 5.82 Å². The van der Waals surface area contributed by atoms with E-state index in [9.17, 15) is 22.8 Å². The SMILES string of the molecule is CC(C)(Oc1ccc(Cl)cc1F)C(=O)NC1CC2CCC(C1)N2c1ccc(C(=O)NCC(F)F)cn1. The first-order valence-corrected chi connectivity index (χ1v) is 12.2. The van der Waals surface area contributed by atoms with Crippen molar-refractivity contribution in [3.05, 3.63) is 52.9 Å². The Morgan fingerprint density at radius 2 is 1.89 bits per heavy atom. The number of benzene rings is 1. The molecule has 4 rings (SSSR count). The van der Waals surface area contributed by atoms with Gasteiger partial charge >= 0.3 is 0 Å². The Kier molecular flexibility index (Phi) is 7.63. The number of aromatic nitrogens is 1. The number of hydrogen-bond donors (Lipinski definition) is 2. The summed E-state index contributed by atoms with van der Waals surface area (Å²) in [6.07, 6.45) is 2.04. The molecule has 2 unspecified atom stereocenters. The third kappa shape index (κ3) is 5.86. The zero-order valence-corrected chi connectivity index (χ0v) is 20.7. The van der Waals surface area contributed by atoms with Gasteiger partial charge in [-0.3, -0.25) is 9.59 Å². The van der Waals surface area contributed by atoms with E-state index < -0.39 is 30.3 Å². The smallest absolute Gasteiger partial charge is 0.263 e. The Hall–Kier alpha value is -3.01. The van der Waals surface area contributed by atoms with Crippen LogP contribution in [0.4, 0.5) is 19.0 Å². The van der Waals surface area contributed by atoms with Gasteiger partial charge in [-0.05, 0) is 69.9 Å². The highest BCUT2D eigenvalue weighted by atomic mass is 35.5. The monoisotopic (exact) mass is 524 g/mol. The van der Waals surface area contributed by atoms with Gasteiger partial charge < -0.3 is 20.3 Å². The number of anilines is 1. The zero-order valence-electron chi connectivity index (χ0n) is 19.9. The number of nitrogens with one attached hydrogen (secondary N) is 2. The summed E-state index contributed by atoms with van der Waals surface area (Å²) in [7, 11) is 0. The molecule has 3 heterocycles. The Balaban J connectivity index is 1.36. The van der Waals surface area contributed by atoms with E-state index in [1.807, 2.05) is 0 Å². The Labute approximate surface area is 212 Å². The van der Waals surface area contributed by atoms with Crippen molar-refractivity contribution in [3.63, 3.8) is 0 Å². The second-order valence-electron chi connectivity index (χ2n) is 9.63. The van der Waals surface area contributed by atoms with Crippen LogP contribution < -0.4 is 20.3 Å². The van der Waals surface area contributed by atoms with Crippen LogP contribution in [0.3, 0.4) is 0 Å². The topological polar surface area (TPSA) is 83.6 Å². The van der Waals surface area contributed by atoms with Crippen molar-refractivity contribution in [1.82, 2.24) is 15.6 Å². The molecule has 2 aromatic rings. The molecule has 2 bridgehead atoms. The molecule has 2 atom stereocenters. The summed E-state index contributed by atoms with van der Waals surface area (Å²) < 4.78 is 44.5. The molecular weight excluding hydrogens is 497 g/mol. The lowest BCUT2D eigenvalue weighted by Gasteiger charge is -2.40. The molecule has 2 amide bonds. The molecule has 7 nitrogen and oxygen atoms in total. The number of nitrogens with zero attached hydrogens (tertiary/aromatic N) is 2. The maximum atomic E-state index is 14.2. The van der Waals surface area contributed by atoms with Gasteiger partial charge in [0.15, 0.2) is 17.2 Å². The summed E-state index contributed by atoms with van der Waals surface area (Å²) in [6.45, 7) is 2.46. The van der Waals surface area contributed by atoms with Crippen molar-refractivity contribution >= 4 is 29.2 Å². The molecule has 0 spiro atoms. The summed E-state index contributed by atoms with van der Waals surface area (Å²) in [4.78, 5) is 31.6. The van der Waals surface area contributed by atoms with E-state index in [2.05, 4.69) is 20.5 Å². The Morgan fingerprint density at radius 1 is 1.19 bits per heavy atom. The van der Waals surface area contributed by atoms with Crippen LogP contribution in [0.2, 0.25) is 5.02 Å². The maximum Gasteiger partial charge on any atom is 0.263 e. The molecule has 0 radical (unpaired) electrons. The molecule has 0 aliphatic carbocycles. The number of alkyl halides is 2. The number of carbonyl (C=O) groups excluding carboxylic acids is 2. The summed E-state index contributed by atoms with van der Waals surface area (Å²) in [5.41, 5.74) is -1.08. The first-order chi connectivity index (χ1) is 17.0. The summed E-state index contributed by atoms with van der Waals surface area (Å²) >= 11 is 5.79. The Morgan fingerprint density at radius 3 is 2.47 bits per heavy atom. The van der Waals surface area contributed by atoms with Crippen molar-refractivity contribution in [1.29, 1.82) is 0 Å². The molecule has 1 aromatic heterocycles. The second kappa shape index (κ2) is 10.5. The molecule has 0 saturated carbocycles. The van der Waals surface area contributed by atoms with E-state index in [-0.39, 0.29) is 40.4 Å². The fourth-order valence-corrected chi connectivity index (χ4v) is 5.01. The van der Waals surface area contributed by atoms with Crippen LogP contribution in [0.25, 0.3) is 0 Å². The lowest BCUT2D eigenvalue weighted by molar-refractivity contribution is -0.135. The number of fused-ring (bicyclic) bond motifs is 2. The van der Waals surface area contributed by atoms with E-state index in [0.717, 1.165) is 18.9 Å². The van der Waals surface area contributed by atoms with Crippen molar-refractivity contribution < 1.29 is 27.5 Å². The minimum Gasteiger partial charge on any atom is -0.475 e. The summed E-state index contributed by atoms with van der Waals surface area (Å²) in [5, 5.41) is 5.46. The number of amides is 2. The molecule has 2 aliphatic rings. The maximum absolute atomic E-state index is 14.2. The fraction of sp³-hybridized carbons (Fsp3) is 0.480. The van der Waals surface area contributed by atoms with Crippen LogP contribution in [0.5, 0.6) is 5.75 Å². The van der Waals surface area contributed by atoms with Crippen LogP contribution in [-0.2, 0) is 4.79 Å². The van der Waals surface area contributed by atoms with Crippen molar-refractivity contribution in [3.8, 4) is 5.75 Å². The fourth-order valence-electron chi connectivity index (χ4n) is 4.85. The van der Waals surface area contributed by atoms with E-state index >= 15 is 0 Å². The van der Waals surface area contributed by atoms with Gasteiger partial charge in [0.05, 0.1) is 12.1 Å². The van der Waals surface area contributed by atoms with Gasteiger partial charge in [-0.15, -0.1) is 0 Å². The van der Waals surface area contributed by atoms with Crippen LogP contribution in [-0.4, -0.2) is 53.5 Å². The average Bonchev–Trinajstić information content (AvgIpc) is 3.09. The van der Waals surface area contributed by atoms with E-state index in [4.69, 9.17) is 16.3 Å². The molecule has 194 valence electrons. The number of carbonyl (C=O) groups is 2. The minimum atomic E-state index is -2.62. The van der Waals surface area contributed by atoms with Gasteiger partial charge in [-0.2, -0.15) is 0 Å².